The number of thiazole rings is 1. The van der Waals surface area contributed by atoms with Gasteiger partial charge in [0, 0.05) is 36.6 Å². The van der Waals surface area contributed by atoms with Gasteiger partial charge in [0.2, 0.25) is 5.91 Å². The fraction of sp³-hybridized carbons (Fsp3) is 0.412. The first kappa shape index (κ1) is 15.0. The summed E-state index contributed by atoms with van der Waals surface area (Å²) in [7, 11) is 0. The molecule has 2 heterocycles. The van der Waals surface area contributed by atoms with E-state index in [-0.39, 0.29) is 11.8 Å². The molecule has 1 aliphatic heterocycles. The Morgan fingerprint density at radius 2 is 2.05 bits per heavy atom. The number of nitrogens with zero attached hydrogens (tertiary/aromatic N) is 2. The highest BCUT2D eigenvalue weighted by atomic mass is 32.1. The van der Waals surface area contributed by atoms with E-state index < -0.39 is 0 Å². The Bertz CT molecular complexity index is 618. The Hall–Kier alpha value is -1.88. The first-order valence-corrected chi connectivity index (χ1v) is 8.53. The van der Waals surface area contributed by atoms with Crippen LogP contribution in [-0.4, -0.2) is 24.0 Å². The van der Waals surface area contributed by atoms with Crippen LogP contribution in [0, 0.1) is 12.8 Å². The van der Waals surface area contributed by atoms with Crippen LogP contribution in [-0.2, 0) is 11.3 Å². The number of amides is 1. The summed E-state index contributed by atoms with van der Waals surface area (Å²) in [6.45, 7) is 4.52. The van der Waals surface area contributed by atoms with Gasteiger partial charge in [0.1, 0.15) is 0 Å². The number of benzene rings is 1. The summed E-state index contributed by atoms with van der Waals surface area (Å²) in [4.78, 5) is 20.2. The monoisotopic (exact) mass is 315 g/mol. The minimum atomic E-state index is 0.126. The molecule has 0 atom stereocenters. The van der Waals surface area contributed by atoms with E-state index in [1.54, 1.807) is 11.3 Å². The summed E-state index contributed by atoms with van der Waals surface area (Å²) < 4.78 is 0. The molecule has 0 aliphatic carbocycles. The van der Waals surface area contributed by atoms with Gasteiger partial charge in [-0.15, -0.1) is 11.3 Å². The van der Waals surface area contributed by atoms with Gasteiger partial charge in [0.05, 0.1) is 0 Å². The second-order valence-electron chi connectivity index (χ2n) is 5.72. The van der Waals surface area contributed by atoms with Gasteiger partial charge in [-0.3, -0.25) is 4.79 Å². The van der Waals surface area contributed by atoms with Crippen molar-refractivity contribution in [1.29, 1.82) is 0 Å². The second-order valence-corrected chi connectivity index (χ2v) is 6.93. The van der Waals surface area contributed by atoms with Crippen molar-refractivity contribution in [2.24, 2.45) is 5.92 Å². The third-order valence-corrected chi connectivity index (χ3v) is 5.03. The van der Waals surface area contributed by atoms with Gasteiger partial charge in [-0.1, -0.05) is 30.3 Å². The van der Waals surface area contributed by atoms with E-state index in [9.17, 15) is 4.79 Å². The van der Waals surface area contributed by atoms with E-state index in [1.807, 2.05) is 36.5 Å². The lowest BCUT2D eigenvalue weighted by Gasteiger charge is -2.31. The van der Waals surface area contributed by atoms with Gasteiger partial charge >= 0.3 is 0 Å². The van der Waals surface area contributed by atoms with Crippen LogP contribution >= 0.6 is 11.3 Å². The Labute approximate surface area is 135 Å². The summed E-state index contributed by atoms with van der Waals surface area (Å²) >= 11 is 1.73. The predicted molar refractivity (Wildman–Crippen MR) is 90.1 cm³/mol. The average Bonchev–Trinajstić information content (AvgIpc) is 3.00. The molecular weight excluding hydrogens is 294 g/mol. The molecule has 1 aromatic carbocycles. The second kappa shape index (κ2) is 6.92. The molecule has 22 heavy (non-hydrogen) atoms. The molecule has 1 N–H and O–H groups in total. The Balaban J connectivity index is 1.47. The van der Waals surface area contributed by atoms with Crippen LogP contribution in [0.15, 0.2) is 36.5 Å². The maximum Gasteiger partial charge on any atom is 0.223 e. The molecule has 5 heteroatoms. The molecule has 1 aliphatic rings. The van der Waals surface area contributed by atoms with Crippen molar-refractivity contribution in [2.45, 2.75) is 26.3 Å². The molecule has 1 amide bonds. The summed E-state index contributed by atoms with van der Waals surface area (Å²) in [5.74, 6) is 0.305. The number of aryl methyl sites for hydroxylation is 1. The number of aromatic nitrogens is 1. The molecule has 116 valence electrons. The van der Waals surface area contributed by atoms with E-state index in [1.165, 1.54) is 4.88 Å². The Morgan fingerprint density at radius 1 is 1.32 bits per heavy atom. The van der Waals surface area contributed by atoms with Gasteiger partial charge in [0.25, 0.3) is 0 Å². The molecule has 0 bridgehead atoms. The largest absolute Gasteiger partial charge is 0.352 e. The highest BCUT2D eigenvalue weighted by Crippen LogP contribution is 2.27. The molecule has 4 nitrogen and oxygen atoms in total. The van der Waals surface area contributed by atoms with Crippen molar-refractivity contribution in [3.05, 3.63) is 47.0 Å². The van der Waals surface area contributed by atoms with Crippen molar-refractivity contribution in [3.8, 4) is 0 Å². The average molecular weight is 315 g/mol. The fourth-order valence-corrected chi connectivity index (χ4v) is 3.56. The zero-order valence-electron chi connectivity index (χ0n) is 12.8. The van der Waals surface area contributed by atoms with Gasteiger partial charge in [-0.2, -0.15) is 0 Å². The fourth-order valence-electron chi connectivity index (χ4n) is 2.75. The lowest BCUT2D eigenvalue weighted by molar-refractivity contribution is -0.125. The summed E-state index contributed by atoms with van der Waals surface area (Å²) in [6.07, 6.45) is 3.72. The van der Waals surface area contributed by atoms with E-state index in [0.717, 1.165) is 36.6 Å². The van der Waals surface area contributed by atoms with E-state index in [2.05, 4.69) is 22.1 Å². The third-order valence-electron chi connectivity index (χ3n) is 4.05. The minimum absolute atomic E-state index is 0.126. The highest BCUT2D eigenvalue weighted by Gasteiger charge is 2.25. The topological polar surface area (TPSA) is 45.2 Å². The molecule has 0 saturated carbocycles. The van der Waals surface area contributed by atoms with Crippen molar-refractivity contribution in [1.82, 2.24) is 10.3 Å². The minimum Gasteiger partial charge on any atom is -0.352 e. The number of carbonyl (C=O) groups is 1. The summed E-state index contributed by atoms with van der Waals surface area (Å²) in [6, 6.07) is 10.1. The molecule has 0 radical (unpaired) electrons. The number of nitrogens with one attached hydrogen (secondary N) is 1. The van der Waals surface area contributed by atoms with Crippen LogP contribution < -0.4 is 10.2 Å². The number of anilines is 1. The quantitative estimate of drug-likeness (QED) is 0.943. The number of carbonyl (C=O) groups excluding carboxylic acids is 1. The van der Waals surface area contributed by atoms with E-state index >= 15 is 0 Å². The molecule has 1 saturated heterocycles. The normalized spacial score (nSPS) is 15.8. The number of piperidine rings is 1. The van der Waals surface area contributed by atoms with Crippen LogP contribution in [0.1, 0.15) is 23.3 Å². The first-order chi connectivity index (χ1) is 10.7. The Kier molecular flexibility index (Phi) is 4.73. The lowest BCUT2D eigenvalue weighted by Crippen LogP contribution is -2.40. The van der Waals surface area contributed by atoms with Crippen LogP contribution in [0.5, 0.6) is 0 Å². The van der Waals surface area contributed by atoms with Crippen molar-refractivity contribution < 1.29 is 4.79 Å². The van der Waals surface area contributed by atoms with Gasteiger partial charge < -0.3 is 10.2 Å². The molecule has 3 rings (SSSR count). The van der Waals surface area contributed by atoms with Crippen LogP contribution in [0.2, 0.25) is 0 Å². The summed E-state index contributed by atoms with van der Waals surface area (Å²) in [5, 5.41) is 4.14. The molecule has 0 spiro atoms. The van der Waals surface area contributed by atoms with Crippen molar-refractivity contribution in [3.63, 3.8) is 0 Å². The van der Waals surface area contributed by atoms with Gasteiger partial charge in [-0.05, 0) is 25.3 Å². The lowest BCUT2D eigenvalue weighted by atomic mass is 9.96. The maximum absolute atomic E-state index is 12.3. The highest BCUT2D eigenvalue weighted by molar-refractivity contribution is 7.15. The standard InChI is InChI=1S/C17H21N3OS/c1-13-11-19-17(22-13)20-9-7-15(8-10-20)16(21)18-12-14-5-3-2-4-6-14/h2-6,11,15H,7-10,12H2,1H3,(H,18,21). The molecule has 1 aromatic heterocycles. The van der Waals surface area contributed by atoms with Crippen LogP contribution in [0.25, 0.3) is 0 Å². The predicted octanol–water partition coefficient (Wildman–Crippen LogP) is 2.98. The molecule has 2 aromatic rings. The van der Waals surface area contributed by atoms with Gasteiger partial charge in [-0.25, -0.2) is 4.98 Å². The number of hydrogen-bond acceptors (Lipinski definition) is 4. The molecular formula is C17H21N3OS. The van der Waals surface area contributed by atoms with Crippen LogP contribution in [0.3, 0.4) is 0 Å². The van der Waals surface area contributed by atoms with Crippen molar-refractivity contribution in [2.75, 3.05) is 18.0 Å². The van der Waals surface area contributed by atoms with Gasteiger partial charge in [0.15, 0.2) is 5.13 Å². The zero-order valence-corrected chi connectivity index (χ0v) is 13.6. The smallest absolute Gasteiger partial charge is 0.223 e. The number of hydrogen-bond donors (Lipinski definition) is 1. The SMILES string of the molecule is Cc1cnc(N2CCC(C(=O)NCc3ccccc3)CC2)s1. The molecule has 0 unspecified atom stereocenters. The summed E-state index contributed by atoms with van der Waals surface area (Å²) in [5.41, 5.74) is 1.14. The first-order valence-electron chi connectivity index (χ1n) is 7.71. The zero-order chi connectivity index (χ0) is 15.4. The maximum atomic E-state index is 12.3. The van der Waals surface area contributed by atoms with Crippen molar-refractivity contribution >= 4 is 22.4 Å². The van der Waals surface area contributed by atoms with Crippen LogP contribution in [0.4, 0.5) is 5.13 Å². The van der Waals surface area contributed by atoms with E-state index in [4.69, 9.17) is 0 Å². The third kappa shape index (κ3) is 3.65. The molecule has 1 fully saturated rings. The van der Waals surface area contributed by atoms with E-state index in [0.29, 0.717) is 6.54 Å². The Morgan fingerprint density at radius 3 is 2.68 bits per heavy atom. The number of rotatable bonds is 4.